The number of halogens is 1. The van der Waals surface area contributed by atoms with Crippen LogP contribution >= 0.6 is 0 Å². The molecular weight excluding hydrogens is 434 g/mol. The van der Waals surface area contributed by atoms with Crippen molar-refractivity contribution in [1.82, 2.24) is 14.6 Å². The predicted molar refractivity (Wildman–Crippen MR) is 112 cm³/mol. The van der Waals surface area contributed by atoms with Gasteiger partial charge in [-0.2, -0.15) is 0 Å². The molecule has 1 aromatic carbocycles. The number of rotatable bonds is 2. The number of nitrogens with one attached hydrogen (secondary N) is 1. The molecule has 1 aromatic heterocycles. The van der Waals surface area contributed by atoms with Gasteiger partial charge in [-0.1, -0.05) is 0 Å². The van der Waals surface area contributed by atoms with Gasteiger partial charge < -0.3 is 0 Å². The topological polar surface area (TPSA) is 82.1 Å². The van der Waals surface area contributed by atoms with Gasteiger partial charge in [0.15, 0.2) is 0 Å². The van der Waals surface area contributed by atoms with E-state index in [1.807, 2.05) is 6.92 Å². The number of nitrogens with two attached hydrogens (primary N) is 1. The van der Waals surface area contributed by atoms with Crippen molar-refractivity contribution >= 4 is 27.8 Å². The zero-order valence-electron chi connectivity index (χ0n) is 16.7. The average Bonchev–Trinajstić information content (AvgIpc) is 3.50. The Morgan fingerprint density at radius 3 is 2.66 bits per heavy atom. The molecule has 1 saturated heterocycles. The molecule has 5 rings (SSSR count). The Morgan fingerprint density at radius 2 is 2.03 bits per heavy atom. The maximum atomic E-state index is 15.5. The normalized spacial score (nSPS) is 31.9. The maximum absolute atomic E-state index is 15.5. The van der Waals surface area contributed by atoms with Crippen LogP contribution in [0.25, 0.3) is 10.9 Å². The van der Waals surface area contributed by atoms with Crippen molar-refractivity contribution in [1.29, 1.82) is 0 Å². The molecule has 3 unspecified atom stereocenters. The fraction of sp³-hybridized carbons (Fsp3) is 0.619. The molecule has 8 heteroatoms. The first-order chi connectivity index (χ1) is 13.8. The summed E-state index contributed by atoms with van der Waals surface area (Å²) in [6, 6.07) is 1.36. The van der Waals surface area contributed by atoms with Crippen molar-refractivity contribution in [3.8, 4) is 0 Å². The van der Waals surface area contributed by atoms with Gasteiger partial charge in [0.25, 0.3) is 0 Å². The van der Waals surface area contributed by atoms with Gasteiger partial charge in [-0.3, -0.25) is 0 Å². The van der Waals surface area contributed by atoms with Crippen LogP contribution in [-0.4, -0.2) is 39.2 Å². The number of nitrogens with zero attached hydrogens (tertiary/aromatic N) is 2. The molecule has 3 aliphatic rings. The Bertz CT molecular complexity index is 1140. The monoisotopic (exact) mass is 460 g/mol. The molecule has 2 heterocycles. The number of hydrogen-bond donors (Lipinski definition) is 2. The Hall–Kier alpha value is -1.59. The molecule has 29 heavy (non-hydrogen) atoms. The van der Waals surface area contributed by atoms with E-state index in [9.17, 15) is 9.59 Å². The summed E-state index contributed by atoms with van der Waals surface area (Å²) in [7, 11) is 0. The minimum atomic E-state index is -0.627. The number of benzene rings is 1. The Kier molecular flexibility index (Phi) is 4.31. The molecule has 4 atom stereocenters. The van der Waals surface area contributed by atoms with E-state index in [-0.39, 0.29) is 28.6 Å². The molecule has 1 spiro atoms. The number of hydrogen-bond acceptors (Lipinski definition) is 4. The average molecular weight is 460 g/mol. The summed E-state index contributed by atoms with van der Waals surface area (Å²) in [6.45, 7) is 5.99. The first-order valence-corrected chi connectivity index (χ1v) is 11.5. The Balaban J connectivity index is 1.76. The van der Waals surface area contributed by atoms with Crippen molar-refractivity contribution in [2.75, 3.05) is 18.9 Å². The van der Waals surface area contributed by atoms with Crippen LogP contribution in [0.5, 0.6) is 0 Å². The Morgan fingerprint density at radius 1 is 1.31 bits per heavy atom. The fourth-order valence-corrected chi connectivity index (χ4v) is 6.70. The molecule has 2 aliphatic carbocycles. The summed E-state index contributed by atoms with van der Waals surface area (Å²) in [4.78, 5) is 25.4. The molecule has 0 amide bonds. The molecule has 2 radical (unpaired) electrons. The number of aryl methyl sites for hydroxylation is 1. The van der Waals surface area contributed by atoms with E-state index in [0.717, 1.165) is 44.3 Å². The number of piperidine rings is 1. The summed E-state index contributed by atoms with van der Waals surface area (Å²) < 4.78 is 18.2. The van der Waals surface area contributed by atoms with Crippen molar-refractivity contribution in [3.63, 3.8) is 0 Å². The van der Waals surface area contributed by atoms with Crippen molar-refractivity contribution < 1.29 is 4.39 Å². The summed E-state index contributed by atoms with van der Waals surface area (Å²) >= 11 is 2.77. The SMILES string of the molecule is Cc1c(C2CCC23CNCC([As])[C@H]3C)c(F)cc2c(=O)n(N)c(=O)n(C3CC3)c12. The third kappa shape index (κ3) is 2.56. The standard InChI is InChI=1S/C21H26AsFN4O2/c1-10-17(14-5-6-21(14)9-25-8-15(22)11(21)2)16(23)7-13-18(10)26(12-3-4-12)20(29)27(24)19(13)28/h7,11-12,14-15,25H,3-6,8-9,24H2,1-2H3/t11-,14?,15?,21?/m1/s1. The zero-order valence-corrected chi connectivity index (χ0v) is 18.6. The molecule has 1 aliphatic heterocycles. The van der Waals surface area contributed by atoms with Gasteiger partial charge in [0.2, 0.25) is 0 Å². The number of fused-ring (bicyclic) bond motifs is 1. The molecule has 3 N–H and O–H groups in total. The van der Waals surface area contributed by atoms with Crippen LogP contribution in [0.1, 0.15) is 55.7 Å². The number of aromatic nitrogens is 2. The van der Waals surface area contributed by atoms with E-state index >= 15 is 4.39 Å². The van der Waals surface area contributed by atoms with Crippen LogP contribution < -0.4 is 22.4 Å². The van der Waals surface area contributed by atoms with Gasteiger partial charge in [-0.25, -0.2) is 0 Å². The summed E-state index contributed by atoms with van der Waals surface area (Å²) in [5.41, 5.74) is 0.864. The second-order valence-corrected chi connectivity index (χ2v) is 10.6. The van der Waals surface area contributed by atoms with Crippen LogP contribution in [0.15, 0.2) is 15.7 Å². The van der Waals surface area contributed by atoms with E-state index in [2.05, 4.69) is 29.1 Å². The van der Waals surface area contributed by atoms with Crippen LogP contribution in [0.3, 0.4) is 0 Å². The summed E-state index contributed by atoms with van der Waals surface area (Å²) in [6.07, 6.45) is 3.75. The zero-order chi connectivity index (χ0) is 20.7. The van der Waals surface area contributed by atoms with E-state index in [4.69, 9.17) is 5.84 Å². The van der Waals surface area contributed by atoms with Crippen molar-refractivity contribution in [2.24, 2.45) is 11.3 Å². The van der Waals surface area contributed by atoms with Gasteiger partial charge in [0.05, 0.1) is 0 Å². The quantitative estimate of drug-likeness (QED) is 0.529. The number of nitrogen functional groups attached to an aromatic ring is 1. The van der Waals surface area contributed by atoms with Gasteiger partial charge in [0.1, 0.15) is 0 Å². The summed E-state index contributed by atoms with van der Waals surface area (Å²) in [5, 5.41) is 3.74. The molecule has 0 bridgehead atoms. The fourth-order valence-electron chi connectivity index (χ4n) is 5.80. The Labute approximate surface area is 177 Å². The van der Waals surface area contributed by atoms with E-state index in [1.54, 1.807) is 4.57 Å². The van der Waals surface area contributed by atoms with E-state index in [1.165, 1.54) is 6.07 Å². The second-order valence-electron chi connectivity index (χ2n) is 9.16. The van der Waals surface area contributed by atoms with Crippen molar-refractivity contribution in [2.45, 2.75) is 56.2 Å². The molecule has 2 aromatic rings. The third-order valence-electron chi connectivity index (χ3n) is 7.79. The first-order valence-electron chi connectivity index (χ1n) is 10.4. The van der Waals surface area contributed by atoms with Crippen LogP contribution in [0.4, 0.5) is 4.39 Å². The minimum absolute atomic E-state index is 0.0166. The van der Waals surface area contributed by atoms with E-state index in [0.29, 0.717) is 26.4 Å². The predicted octanol–water partition coefficient (Wildman–Crippen LogP) is 1.72. The van der Waals surface area contributed by atoms with Crippen LogP contribution in [-0.2, 0) is 0 Å². The van der Waals surface area contributed by atoms with Crippen LogP contribution in [0.2, 0.25) is 4.71 Å². The second kappa shape index (κ2) is 6.45. The van der Waals surface area contributed by atoms with Gasteiger partial charge in [-0.05, 0) is 0 Å². The molecule has 6 nitrogen and oxygen atoms in total. The molecule has 2 saturated carbocycles. The summed E-state index contributed by atoms with van der Waals surface area (Å²) in [5.74, 6) is 5.93. The molecule has 3 fully saturated rings. The van der Waals surface area contributed by atoms with Gasteiger partial charge >= 0.3 is 177 Å². The van der Waals surface area contributed by atoms with Crippen LogP contribution in [0, 0.1) is 24.1 Å². The molecular formula is C21H26AsFN4O2. The van der Waals surface area contributed by atoms with Gasteiger partial charge in [0, 0.05) is 0 Å². The van der Waals surface area contributed by atoms with Crippen molar-refractivity contribution in [3.05, 3.63) is 43.8 Å². The third-order valence-corrected chi connectivity index (χ3v) is 9.11. The first kappa shape index (κ1) is 19.4. The van der Waals surface area contributed by atoms with Gasteiger partial charge in [-0.15, -0.1) is 0 Å². The van der Waals surface area contributed by atoms with E-state index < -0.39 is 11.2 Å². The molecule has 154 valence electrons.